The van der Waals surface area contributed by atoms with Gasteiger partial charge in [0.15, 0.2) is 0 Å². The van der Waals surface area contributed by atoms with Crippen LogP contribution in [0, 0.1) is 0 Å². The second-order valence-corrected chi connectivity index (χ2v) is 5.71. The standard InChI is InChI=1S/C17H14BrN3O/c1-2-10-21-16(22)14-11-12(18)8-9-15(14)20-17(21)19-13-6-4-3-5-7-13/h2-9,11H,1,10H2,(H,19,20). The number of allylic oxidation sites excluding steroid dienone is 1. The summed E-state index contributed by atoms with van der Waals surface area (Å²) in [5, 5.41) is 3.78. The SMILES string of the molecule is C=CCn1c(Nc2ccccc2)nc2ccc(Br)cc2c1=O. The van der Waals surface area contributed by atoms with E-state index < -0.39 is 0 Å². The van der Waals surface area contributed by atoms with Crippen LogP contribution in [0.15, 0.2) is 70.5 Å². The number of benzene rings is 2. The molecule has 110 valence electrons. The summed E-state index contributed by atoms with van der Waals surface area (Å²) in [6, 6.07) is 15.1. The molecule has 4 nitrogen and oxygen atoms in total. The van der Waals surface area contributed by atoms with Crippen LogP contribution in [-0.4, -0.2) is 9.55 Å². The average Bonchev–Trinajstić information content (AvgIpc) is 2.53. The number of hydrogen-bond acceptors (Lipinski definition) is 3. The highest BCUT2D eigenvalue weighted by Gasteiger charge is 2.10. The van der Waals surface area contributed by atoms with Crippen molar-refractivity contribution in [1.29, 1.82) is 0 Å². The van der Waals surface area contributed by atoms with Crippen LogP contribution in [0.4, 0.5) is 11.6 Å². The van der Waals surface area contributed by atoms with Gasteiger partial charge in [-0.15, -0.1) is 6.58 Å². The number of para-hydroxylation sites is 1. The van der Waals surface area contributed by atoms with Gasteiger partial charge in [-0.25, -0.2) is 4.98 Å². The van der Waals surface area contributed by atoms with Gasteiger partial charge < -0.3 is 5.32 Å². The highest BCUT2D eigenvalue weighted by atomic mass is 79.9. The Kier molecular flexibility index (Phi) is 4.06. The van der Waals surface area contributed by atoms with E-state index >= 15 is 0 Å². The number of nitrogens with zero attached hydrogens (tertiary/aromatic N) is 2. The topological polar surface area (TPSA) is 46.9 Å². The fourth-order valence-corrected chi connectivity index (χ4v) is 2.60. The molecule has 0 spiro atoms. The molecule has 5 heteroatoms. The minimum absolute atomic E-state index is 0.0929. The van der Waals surface area contributed by atoms with E-state index in [-0.39, 0.29) is 5.56 Å². The first-order chi connectivity index (χ1) is 10.7. The summed E-state index contributed by atoms with van der Waals surface area (Å²) in [5.74, 6) is 0.505. The van der Waals surface area contributed by atoms with E-state index in [4.69, 9.17) is 0 Å². The van der Waals surface area contributed by atoms with Crippen LogP contribution in [0.3, 0.4) is 0 Å². The Labute approximate surface area is 136 Å². The summed E-state index contributed by atoms with van der Waals surface area (Å²) in [5.41, 5.74) is 1.44. The molecule has 1 N–H and O–H groups in total. The fraction of sp³-hybridized carbons (Fsp3) is 0.0588. The largest absolute Gasteiger partial charge is 0.326 e. The van der Waals surface area contributed by atoms with Gasteiger partial charge in [0, 0.05) is 16.7 Å². The number of anilines is 2. The number of rotatable bonds is 4. The second kappa shape index (κ2) is 6.15. The third-order valence-electron chi connectivity index (χ3n) is 3.26. The van der Waals surface area contributed by atoms with E-state index in [1.54, 1.807) is 16.7 Å². The molecule has 0 aliphatic carbocycles. The third kappa shape index (κ3) is 2.80. The van der Waals surface area contributed by atoms with Gasteiger partial charge >= 0.3 is 0 Å². The van der Waals surface area contributed by atoms with E-state index in [1.165, 1.54) is 0 Å². The maximum atomic E-state index is 12.7. The summed E-state index contributed by atoms with van der Waals surface area (Å²) < 4.78 is 2.43. The summed E-state index contributed by atoms with van der Waals surface area (Å²) in [7, 11) is 0. The van der Waals surface area contributed by atoms with Gasteiger partial charge in [-0.05, 0) is 30.3 Å². The average molecular weight is 356 g/mol. The predicted molar refractivity (Wildman–Crippen MR) is 93.6 cm³/mol. The lowest BCUT2D eigenvalue weighted by molar-refractivity contribution is 0.781. The molecule has 0 amide bonds. The van der Waals surface area contributed by atoms with Crippen LogP contribution in [-0.2, 0) is 6.54 Å². The zero-order valence-electron chi connectivity index (χ0n) is 11.8. The molecule has 1 aromatic heterocycles. The summed E-state index contributed by atoms with van der Waals surface area (Å²) >= 11 is 3.39. The van der Waals surface area contributed by atoms with Gasteiger partial charge in [-0.3, -0.25) is 9.36 Å². The Morgan fingerprint density at radius 3 is 2.73 bits per heavy atom. The molecule has 0 aliphatic rings. The predicted octanol–water partition coefficient (Wildman–Crippen LogP) is 4.09. The lowest BCUT2D eigenvalue weighted by Gasteiger charge is -2.13. The van der Waals surface area contributed by atoms with Crippen LogP contribution in [0.5, 0.6) is 0 Å². The Morgan fingerprint density at radius 2 is 2.00 bits per heavy atom. The zero-order chi connectivity index (χ0) is 15.5. The lowest BCUT2D eigenvalue weighted by Crippen LogP contribution is -2.23. The molecule has 0 saturated heterocycles. The van der Waals surface area contributed by atoms with Crippen molar-refractivity contribution in [3.8, 4) is 0 Å². The Bertz CT molecular complexity index is 888. The minimum atomic E-state index is -0.0929. The molecule has 22 heavy (non-hydrogen) atoms. The van der Waals surface area contributed by atoms with Gasteiger partial charge in [0.25, 0.3) is 5.56 Å². The van der Waals surface area contributed by atoms with Crippen LogP contribution in [0.1, 0.15) is 0 Å². The maximum Gasteiger partial charge on any atom is 0.263 e. The lowest BCUT2D eigenvalue weighted by atomic mass is 10.2. The van der Waals surface area contributed by atoms with Crippen LogP contribution >= 0.6 is 15.9 Å². The van der Waals surface area contributed by atoms with E-state index in [2.05, 4.69) is 32.8 Å². The van der Waals surface area contributed by atoms with Gasteiger partial charge in [0.2, 0.25) is 5.95 Å². The highest BCUT2D eigenvalue weighted by molar-refractivity contribution is 9.10. The molecule has 0 atom stereocenters. The molecular formula is C17H14BrN3O. The van der Waals surface area contributed by atoms with E-state index in [0.717, 1.165) is 10.2 Å². The first-order valence-electron chi connectivity index (χ1n) is 6.82. The van der Waals surface area contributed by atoms with Crippen LogP contribution in [0.25, 0.3) is 10.9 Å². The van der Waals surface area contributed by atoms with Crippen molar-refractivity contribution in [3.05, 3.63) is 76.0 Å². The van der Waals surface area contributed by atoms with Crippen molar-refractivity contribution in [1.82, 2.24) is 9.55 Å². The number of halogens is 1. The molecule has 2 aromatic carbocycles. The molecule has 0 saturated carbocycles. The summed E-state index contributed by atoms with van der Waals surface area (Å²) in [6.45, 7) is 4.11. The number of hydrogen-bond donors (Lipinski definition) is 1. The Hall–Kier alpha value is -2.40. The molecular weight excluding hydrogens is 342 g/mol. The van der Waals surface area contributed by atoms with Crippen molar-refractivity contribution in [2.75, 3.05) is 5.32 Å². The highest BCUT2D eigenvalue weighted by Crippen LogP contribution is 2.19. The molecule has 0 aliphatic heterocycles. The number of nitrogens with one attached hydrogen (secondary N) is 1. The van der Waals surface area contributed by atoms with Crippen molar-refractivity contribution in [2.45, 2.75) is 6.54 Å². The zero-order valence-corrected chi connectivity index (χ0v) is 13.4. The molecule has 1 heterocycles. The Balaban J connectivity index is 2.19. The van der Waals surface area contributed by atoms with Crippen molar-refractivity contribution in [2.24, 2.45) is 0 Å². The van der Waals surface area contributed by atoms with Gasteiger partial charge in [0.05, 0.1) is 10.9 Å². The summed E-state index contributed by atoms with van der Waals surface area (Å²) in [4.78, 5) is 17.3. The minimum Gasteiger partial charge on any atom is -0.326 e. The van der Waals surface area contributed by atoms with Crippen molar-refractivity contribution < 1.29 is 0 Å². The number of aromatic nitrogens is 2. The molecule has 3 rings (SSSR count). The molecule has 0 radical (unpaired) electrons. The van der Waals surface area contributed by atoms with Crippen molar-refractivity contribution in [3.63, 3.8) is 0 Å². The van der Waals surface area contributed by atoms with Gasteiger partial charge in [-0.2, -0.15) is 0 Å². The molecule has 0 fully saturated rings. The molecule has 0 unspecified atom stereocenters. The van der Waals surface area contributed by atoms with Crippen LogP contribution < -0.4 is 10.9 Å². The van der Waals surface area contributed by atoms with E-state index in [9.17, 15) is 4.79 Å². The first-order valence-corrected chi connectivity index (χ1v) is 7.61. The monoisotopic (exact) mass is 355 g/mol. The van der Waals surface area contributed by atoms with Gasteiger partial charge in [0.1, 0.15) is 0 Å². The molecule has 0 bridgehead atoms. The quantitative estimate of drug-likeness (QED) is 0.717. The normalized spacial score (nSPS) is 10.6. The third-order valence-corrected chi connectivity index (χ3v) is 3.75. The van der Waals surface area contributed by atoms with Crippen molar-refractivity contribution >= 4 is 38.5 Å². The summed E-state index contributed by atoms with van der Waals surface area (Å²) in [6.07, 6.45) is 1.68. The second-order valence-electron chi connectivity index (χ2n) is 4.79. The van der Waals surface area contributed by atoms with E-state index in [0.29, 0.717) is 23.4 Å². The van der Waals surface area contributed by atoms with E-state index in [1.807, 2.05) is 42.5 Å². The fourth-order valence-electron chi connectivity index (χ4n) is 2.24. The first kappa shape index (κ1) is 14.5. The Morgan fingerprint density at radius 1 is 1.23 bits per heavy atom. The van der Waals surface area contributed by atoms with Crippen LogP contribution in [0.2, 0.25) is 0 Å². The van der Waals surface area contributed by atoms with Gasteiger partial charge in [-0.1, -0.05) is 40.2 Å². The number of fused-ring (bicyclic) bond motifs is 1. The smallest absolute Gasteiger partial charge is 0.263 e. The molecule has 3 aromatic rings. The maximum absolute atomic E-state index is 12.7.